The summed E-state index contributed by atoms with van der Waals surface area (Å²) in [6, 6.07) is 10.4. The topological polar surface area (TPSA) is 34.1 Å². The SMILES string of the molecule is O=CC(=O)c1cccc2c(Cl)cccc12. The number of Topliss-reactive ketones (excluding diaryl/α,β-unsaturated/α-hetero) is 1. The molecule has 0 saturated carbocycles. The van der Waals surface area contributed by atoms with Crippen molar-refractivity contribution < 1.29 is 9.59 Å². The summed E-state index contributed by atoms with van der Waals surface area (Å²) in [5.74, 6) is -0.525. The Balaban J connectivity index is 2.82. The van der Waals surface area contributed by atoms with E-state index in [1.54, 1.807) is 30.3 Å². The summed E-state index contributed by atoms with van der Waals surface area (Å²) >= 11 is 5.98. The third-order valence-electron chi connectivity index (χ3n) is 2.24. The lowest BCUT2D eigenvalue weighted by Crippen LogP contribution is -2.00. The molecule has 0 saturated heterocycles. The van der Waals surface area contributed by atoms with Crippen LogP contribution < -0.4 is 0 Å². The Labute approximate surface area is 91.5 Å². The molecule has 0 fully saturated rings. The number of halogens is 1. The van der Waals surface area contributed by atoms with Crippen LogP contribution in [0.25, 0.3) is 10.8 Å². The number of fused-ring (bicyclic) bond motifs is 1. The van der Waals surface area contributed by atoms with Gasteiger partial charge in [-0.3, -0.25) is 9.59 Å². The normalized spacial score (nSPS) is 10.2. The molecule has 0 aliphatic rings. The summed E-state index contributed by atoms with van der Waals surface area (Å²) in [6.45, 7) is 0. The van der Waals surface area contributed by atoms with Gasteiger partial charge in [0.1, 0.15) is 0 Å². The number of benzene rings is 2. The first-order chi connectivity index (χ1) is 7.24. The monoisotopic (exact) mass is 218 g/mol. The molecule has 2 nitrogen and oxygen atoms in total. The van der Waals surface area contributed by atoms with E-state index in [0.717, 1.165) is 5.39 Å². The molecule has 2 aromatic carbocycles. The average molecular weight is 219 g/mol. The predicted octanol–water partition coefficient (Wildman–Crippen LogP) is 2.87. The van der Waals surface area contributed by atoms with Gasteiger partial charge < -0.3 is 0 Å². The van der Waals surface area contributed by atoms with Crippen LogP contribution in [0.1, 0.15) is 10.4 Å². The standard InChI is InChI=1S/C12H7ClO2/c13-11-6-2-3-8-9(11)4-1-5-10(8)12(15)7-14/h1-7H. The van der Waals surface area contributed by atoms with E-state index in [-0.39, 0.29) is 0 Å². The smallest absolute Gasteiger partial charge is 0.225 e. The third-order valence-corrected chi connectivity index (χ3v) is 2.57. The minimum atomic E-state index is -0.525. The van der Waals surface area contributed by atoms with Crippen LogP contribution in [-0.2, 0) is 4.79 Å². The van der Waals surface area contributed by atoms with Gasteiger partial charge in [0.15, 0.2) is 6.29 Å². The molecule has 0 aliphatic heterocycles. The molecule has 0 radical (unpaired) electrons. The molecule has 3 heteroatoms. The Kier molecular flexibility index (Phi) is 2.52. The summed E-state index contributed by atoms with van der Waals surface area (Å²) in [7, 11) is 0. The second-order valence-corrected chi connectivity index (χ2v) is 3.53. The number of aldehydes is 1. The maximum atomic E-state index is 11.3. The molecule has 2 aromatic rings. The fraction of sp³-hybridized carbons (Fsp3) is 0. The van der Waals surface area contributed by atoms with Gasteiger partial charge in [-0.2, -0.15) is 0 Å². The number of carbonyl (C=O) groups excluding carboxylic acids is 2. The van der Waals surface area contributed by atoms with E-state index in [1.807, 2.05) is 6.07 Å². The van der Waals surface area contributed by atoms with Gasteiger partial charge in [-0.1, -0.05) is 41.9 Å². The number of rotatable bonds is 2. The Morgan fingerprint density at radius 1 is 1.07 bits per heavy atom. The van der Waals surface area contributed by atoms with Crippen LogP contribution in [0.5, 0.6) is 0 Å². The fourth-order valence-corrected chi connectivity index (χ4v) is 1.79. The number of carbonyl (C=O) groups is 2. The van der Waals surface area contributed by atoms with Crippen molar-refractivity contribution in [2.24, 2.45) is 0 Å². The molecule has 0 unspecified atom stereocenters. The van der Waals surface area contributed by atoms with Gasteiger partial charge in [0.25, 0.3) is 0 Å². The van der Waals surface area contributed by atoms with Gasteiger partial charge in [-0.15, -0.1) is 0 Å². The van der Waals surface area contributed by atoms with Gasteiger partial charge in [-0.05, 0) is 11.5 Å². The molecule has 0 aliphatic carbocycles. The van der Waals surface area contributed by atoms with E-state index in [0.29, 0.717) is 22.3 Å². The molecule has 0 amide bonds. The lowest BCUT2D eigenvalue weighted by atomic mass is 10.0. The van der Waals surface area contributed by atoms with E-state index in [2.05, 4.69) is 0 Å². The van der Waals surface area contributed by atoms with Gasteiger partial charge in [-0.25, -0.2) is 0 Å². The number of ketones is 1. The summed E-state index contributed by atoms with van der Waals surface area (Å²) < 4.78 is 0. The first-order valence-corrected chi connectivity index (χ1v) is 4.78. The molecule has 74 valence electrons. The van der Waals surface area contributed by atoms with Crippen LogP contribution in [0.15, 0.2) is 36.4 Å². The lowest BCUT2D eigenvalue weighted by Gasteiger charge is -2.03. The molecule has 0 heterocycles. The molecule has 0 aromatic heterocycles. The fourth-order valence-electron chi connectivity index (χ4n) is 1.55. The van der Waals surface area contributed by atoms with Crippen LogP contribution in [0.3, 0.4) is 0 Å². The highest BCUT2D eigenvalue weighted by atomic mass is 35.5. The zero-order valence-electron chi connectivity index (χ0n) is 7.74. The molecule has 0 bridgehead atoms. The third kappa shape index (κ3) is 1.64. The molecule has 2 rings (SSSR count). The van der Waals surface area contributed by atoms with E-state index >= 15 is 0 Å². The zero-order chi connectivity index (χ0) is 10.8. The van der Waals surface area contributed by atoms with E-state index in [4.69, 9.17) is 11.6 Å². The van der Waals surface area contributed by atoms with Crippen molar-refractivity contribution in [2.75, 3.05) is 0 Å². The molecule has 0 atom stereocenters. The maximum Gasteiger partial charge on any atom is 0.225 e. The minimum Gasteiger partial charge on any atom is -0.294 e. The molecule has 15 heavy (non-hydrogen) atoms. The summed E-state index contributed by atoms with van der Waals surface area (Å²) in [5, 5.41) is 2.07. The van der Waals surface area contributed by atoms with Gasteiger partial charge in [0.2, 0.25) is 5.78 Å². The van der Waals surface area contributed by atoms with Gasteiger partial charge >= 0.3 is 0 Å². The first kappa shape index (κ1) is 9.87. The van der Waals surface area contributed by atoms with Gasteiger partial charge in [0.05, 0.1) is 0 Å². The minimum absolute atomic E-state index is 0.315. The van der Waals surface area contributed by atoms with Crippen molar-refractivity contribution in [3.63, 3.8) is 0 Å². The zero-order valence-corrected chi connectivity index (χ0v) is 8.49. The summed E-state index contributed by atoms with van der Waals surface area (Å²) in [4.78, 5) is 21.8. The summed E-state index contributed by atoms with van der Waals surface area (Å²) in [6.07, 6.45) is 0.315. The van der Waals surface area contributed by atoms with Crippen LogP contribution in [-0.4, -0.2) is 12.1 Å². The van der Waals surface area contributed by atoms with Crippen LogP contribution in [0.4, 0.5) is 0 Å². The van der Waals surface area contributed by atoms with Crippen LogP contribution in [0, 0.1) is 0 Å². The molecule has 0 spiro atoms. The van der Waals surface area contributed by atoms with Crippen molar-refractivity contribution in [1.29, 1.82) is 0 Å². The first-order valence-electron chi connectivity index (χ1n) is 4.41. The lowest BCUT2D eigenvalue weighted by molar-refractivity contribution is -0.104. The second-order valence-electron chi connectivity index (χ2n) is 3.12. The molecular formula is C12H7ClO2. The van der Waals surface area contributed by atoms with Crippen molar-refractivity contribution in [1.82, 2.24) is 0 Å². The number of hydrogen-bond acceptors (Lipinski definition) is 2. The predicted molar refractivity (Wildman–Crippen MR) is 59.4 cm³/mol. The van der Waals surface area contributed by atoms with Crippen molar-refractivity contribution in [3.8, 4) is 0 Å². The Morgan fingerprint density at radius 2 is 1.73 bits per heavy atom. The average Bonchev–Trinajstić information content (AvgIpc) is 2.28. The quantitative estimate of drug-likeness (QED) is 0.441. The largest absolute Gasteiger partial charge is 0.294 e. The van der Waals surface area contributed by atoms with Crippen molar-refractivity contribution >= 4 is 34.4 Å². The van der Waals surface area contributed by atoms with E-state index in [1.165, 1.54) is 0 Å². The van der Waals surface area contributed by atoms with Crippen LogP contribution in [0.2, 0.25) is 5.02 Å². The Hall–Kier alpha value is -1.67. The highest BCUT2D eigenvalue weighted by Gasteiger charge is 2.09. The highest BCUT2D eigenvalue weighted by molar-refractivity contribution is 6.39. The van der Waals surface area contributed by atoms with Crippen molar-refractivity contribution in [2.45, 2.75) is 0 Å². The molecule has 0 N–H and O–H groups in total. The number of hydrogen-bond donors (Lipinski definition) is 0. The highest BCUT2D eigenvalue weighted by Crippen LogP contribution is 2.25. The van der Waals surface area contributed by atoms with Crippen molar-refractivity contribution in [3.05, 3.63) is 47.0 Å². The second kappa shape index (κ2) is 3.83. The maximum absolute atomic E-state index is 11.3. The Morgan fingerprint density at radius 3 is 2.47 bits per heavy atom. The molecular weight excluding hydrogens is 212 g/mol. The van der Waals surface area contributed by atoms with E-state index < -0.39 is 5.78 Å². The van der Waals surface area contributed by atoms with Crippen LogP contribution >= 0.6 is 11.6 Å². The Bertz CT molecular complexity index is 546. The van der Waals surface area contributed by atoms with E-state index in [9.17, 15) is 9.59 Å². The summed E-state index contributed by atoms with van der Waals surface area (Å²) in [5.41, 5.74) is 0.394. The van der Waals surface area contributed by atoms with Gasteiger partial charge in [0, 0.05) is 16.0 Å².